The average Bonchev–Trinajstić information content (AvgIpc) is 3.32. The molecule has 2 unspecified atom stereocenters. The summed E-state index contributed by atoms with van der Waals surface area (Å²) in [6.45, 7) is 9.88. The molecule has 2 atom stereocenters. The van der Waals surface area contributed by atoms with E-state index in [-0.39, 0.29) is 12.1 Å². The molecule has 2 aliphatic heterocycles. The Morgan fingerprint density at radius 1 is 1.02 bits per heavy atom. The molecular weight excluding hydrogens is 529 g/mol. The Bertz CT molecular complexity index is 1610. The Morgan fingerprint density at radius 2 is 1.80 bits per heavy atom. The van der Waals surface area contributed by atoms with Crippen LogP contribution in [-0.4, -0.2) is 52.5 Å². The fraction of sp³-hybridized carbons (Fsp3) is 0.452. The summed E-state index contributed by atoms with van der Waals surface area (Å²) in [5.41, 5.74) is 6.56. The minimum absolute atomic E-state index is 0.179. The number of methoxy groups -OCH3 is 1. The average molecular weight is 565 g/mol. The molecule has 4 aromatic rings. The summed E-state index contributed by atoms with van der Waals surface area (Å²) in [6.07, 6.45) is -1.86. The molecule has 4 heterocycles. The second-order valence-corrected chi connectivity index (χ2v) is 11.4. The molecule has 10 heteroatoms. The van der Waals surface area contributed by atoms with Gasteiger partial charge < -0.3 is 14.5 Å². The van der Waals surface area contributed by atoms with Gasteiger partial charge in [-0.2, -0.15) is 18.3 Å². The third-order valence-corrected chi connectivity index (χ3v) is 8.69. The van der Waals surface area contributed by atoms with E-state index in [0.29, 0.717) is 31.0 Å². The third-order valence-electron chi connectivity index (χ3n) is 8.69. The normalized spacial score (nSPS) is 19.6. The van der Waals surface area contributed by atoms with Crippen LogP contribution in [0, 0.1) is 20.8 Å². The second kappa shape index (κ2) is 10.3. The van der Waals surface area contributed by atoms with E-state index in [0.717, 1.165) is 75.8 Å². The topological polar surface area (TPSA) is 70.2 Å². The maximum absolute atomic E-state index is 13.6. The molecule has 2 aromatic heterocycles. The molecule has 7 nitrogen and oxygen atoms in total. The molecule has 216 valence electrons. The van der Waals surface area contributed by atoms with Crippen LogP contribution < -0.4 is 9.80 Å². The van der Waals surface area contributed by atoms with Crippen LogP contribution in [0.15, 0.2) is 30.3 Å². The fourth-order valence-electron chi connectivity index (χ4n) is 6.40. The summed E-state index contributed by atoms with van der Waals surface area (Å²) in [5, 5.41) is 8.56. The second-order valence-electron chi connectivity index (χ2n) is 11.4. The maximum atomic E-state index is 13.6. The highest BCUT2D eigenvalue weighted by Crippen LogP contribution is 2.39. The lowest BCUT2D eigenvalue weighted by Crippen LogP contribution is -2.45. The molecule has 2 aliphatic rings. The number of ether oxygens (including phenoxy) is 1. The van der Waals surface area contributed by atoms with E-state index in [1.54, 1.807) is 13.2 Å². The minimum Gasteiger partial charge on any atom is -0.381 e. The first-order chi connectivity index (χ1) is 19.5. The summed E-state index contributed by atoms with van der Waals surface area (Å²) in [5.74, 6) is 1.52. The van der Waals surface area contributed by atoms with Crippen LogP contribution in [0.25, 0.3) is 22.3 Å². The Morgan fingerprint density at radius 3 is 2.54 bits per heavy atom. The number of halogens is 3. The van der Waals surface area contributed by atoms with Crippen molar-refractivity contribution in [3.8, 4) is 11.4 Å². The van der Waals surface area contributed by atoms with E-state index in [1.807, 2.05) is 24.8 Å². The fourth-order valence-corrected chi connectivity index (χ4v) is 6.40. The van der Waals surface area contributed by atoms with E-state index < -0.39 is 11.7 Å². The molecule has 0 amide bonds. The highest BCUT2D eigenvalue weighted by Gasteiger charge is 2.34. The van der Waals surface area contributed by atoms with E-state index >= 15 is 0 Å². The van der Waals surface area contributed by atoms with Crippen molar-refractivity contribution in [2.24, 2.45) is 0 Å². The molecule has 0 saturated carbocycles. The van der Waals surface area contributed by atoms with Crippen molar-refractivity contribution in [2.75, 3.05) is 30.0 Å². The predicted molar refractivity (Wildman–Crippen MR) is 154 cm³/mol. The molecule has 1 fully saturated rings. The van der Waals surface area contributed by atoms with Crippen molar-refractivity contribution in [1.29, 1.82) is 0 Å². The van der Waals surface area contributed by atoms with Gasteiger partial charge in [0.15, 0.2) is 5.82 Å². The highest BCUT2D eigenvalue weighted by atomic mass is 19.4. The van der Waals surface area contributed by atoms with Crippen molar-refractivity contribution < 1.29 is 17.9 Å². The van der Waals surface area contributed by atoms with E-state index in [9.17, 15) is 13.2 Å². The van der Waals surface area contributed by atoms with Crippen LogP contribution in [0.2, 0.25) is 0 Å². The molecule has 2 aromatic carbocycles. The minimum atomic E-state index is -4.40. The van der Waals surface area contributed by atoms with Gasteiger partial charge in [0.05, 0.1) is 28.6 Å². The first-order valence-electron chi connectivity index (χ1n) is 14.1. The number of aromatic nitrogens is 4. The number of benzene rings is 2. The van der Waals surface area contributed by atoms with Crippen molar-refractivity contribution >= 4 is 22.4 Å². The number of nitrogens with zero attached hydrogens (tertiary/aromatic N) is 5. The van der Waals surface area contributed by atoms with Crippen LogP contribution in [0.1, 0.15) is 53.4 Å². The Labute approximate surface area is 237 Å². The number of rotatable bonds is 4. The Kier molecular flexibility index (Phi) is 6.92. The van der Waals surface area contributed by atoms with Gasteiger partial charge in [-0.25, -0.2) is 9.97 Å². The zero-order chi connectivity index (χ0) is 29.1. The van der Waals surface area contributed by atoms with Gasteiger partial charge in [-0.05, 0) is 69.9 Å². The van der Waals surface area contributed by atoms with Gasteiger partial charge in [-0.15, -0.1) is 0 Å². The summed E-state index contributed by atoms with van der Waals surface area (Å²) < 4.78 is 46.5. The number of fused-ring (bicyclic) bond motifs is 2. The molecule has 6 rings (SSSR count). The van der Waals surface area contributed by atoms with Gasteiger partial charge in [0.25, 0.3) is 0 Å². The third kappa shape index (κ3) is 4.92. The molecule has 1 N–H and O–H groups in total. The number of anilines is 2. The number of aryl methyl sites for hydroxylation is 3. The molecule has 41 heavy (non-hydrogen) atoms. The Balaban J connectivity index is 1.49. The van der Waals surface area contributed by atoms with Crippen LogP contribution in [-0.2, 0) is 23.9 Å². The van der Waals surface area contributed by atoms with Crippen molar-refractivity contribution in [3.63, 3.8) is 0 Å². The van der Waals surface area contributed by atoms with Gasteiger partial charge in [-0.3, -0.25) is 5.10 Å². The lowest BCUT2D eigenvalue weighted by molar-refractivity contribution is -0.137. The van der Waals surface area contributed by atoms with Crippen LogP contribution in [0.4, 0.5) is 24.7 Å². The maximum Gasteiger partial charge on any atom is 0.416 e. The molecule has 0 bridgehead atoms. The number of aromatic amines is 1. The lowest BCUT2D eigenvalue weighted by atomic mass is 9.97. The zero-order valence-corrected chi connectivity index (χ0v) is 24.1. The number of nitrogens with one attached hydrogen (secondary N) is 1. The first-order valence-corrected chi connectivity index (χ1v) is 14.1. The molecular formula is C31H35F3N6O. The van der Waals surface area contributed by atoms with Gasteiger partial charge in [0.2, 0.25) is 0 Å². The number of hydrogen-bond donors (Lipinski definition) is 1. The van der Waals surface area contributed by atoms with Crippen LogP contribution >= 0.6 is 0 Å². The van der Waals surface area contributed by atoms with Gasteiger partial charge in [-0.1, -0.05) is 12.1 Å². The standard InChI is InChI=1S/C31H35F3N6O/c1-17-6-8-21(31(32,33)34)15-26(17)39-12-11-24-23(16-39)30(40-13-10-22(41-5)14-19(40)3)36-29(35-24)27-18(2)7-9-25-28(27)20(4)37-38-25/h6-9,15,19,22H,10-14,16H2,1-5H3,(H,37,38). The summed E-state index contributed by atoms with van der Waals surface area (Å²) in [4.78, 5) is 14.7. The van der Waals surface area contributed by atoms with Gasteiger partial charge in [0, 0.05) is 61.4 Å². The highest BCUT2D eigenvalue weighted by molar-refractivity contribution is 5.96. The van der Waals surface area contributed by atoms with E-state index in [1.165, 1.54) is 6.07 Å². The van der Waals surface area contributed by atoms with Crippen molar-refractivity contribution in [1.82, 2.24) is 20.2 Å². The van der Waals surface area contributed by atoms with E-state index in [2.05, 4.69) is 35.0 Å². The van der Waals surface area contributed by atoms with Crippen molar-refractivity contribution in [3.05, 3.63) is 64.0 Å². The summed E-state index contributed by atoms with van der Waals surface area (Å²) in [6, 6.07) is 8.25. The van der Waals surface area contributed by atoms with Gasteiger partial charge >= 0.3 is 6.18 Å². The Hall–Kier alpha value is -3.66. The molecule has 0 aliphatic carbocycles. The SMILES string of the molecule is COC1CCN(c2nc(-c3c(C)ccc4[nH]nc(C)c34)nc3c2CN(c2cc(C(F)(F)F)ccc2C)CC3)C(C)C1. The lowest BCUT2D eigenvalue weighted by Gasteiger charge is -2.41. The smallest absolute Gasteiger partial charge is 0.381 e. The van der Waals surface area contributed by atoms with Gasteiger partial charge in [0.1, 0.15) is 5.82 Å². The number of piperidine rings is 1. The predicted octanol–water partition coefficient (Wildman–Crippen LogP) is 6.53. The quantitative estimate of drug-likeness (QED) is 0.304. The summed E-state index contributed by atoms with van der Waals surface area (Å²) >= 11 is 0. The largest absolute Gasteiger partial charge is 0.416 e. The molecule has 0 radical (unpaired) electrons. The number of alkyl halides is 3. The van der Waals surface area contributed by atoms with Crippen LogP contribution in [0.5, 0.6) is 0 Å². The first kappa shape index (κ1) is 27.5. The monoisotopic (exact) mass is 564 g/mol. The summed E-state index contributed by atoms with van der Waals surface area (Å²) in [7, 11) is 1.75. The number of hydrogen-bond acceptors (Lipinski definition) is 6. The van der Waals surface area contributed by atoms with Crippen LogP contribution in [0.3, 0.4) is 0 Å². The molecule has 1 saturated heterocycles. The number of H-pyrrole nitrogens is 1. The van der Waals surface area contributed by atoms with Crippen molar-refractivity contribution in [2.45, 2.75) is 71.8 Å². The van der Waals surface area contributed by atoms with E-state index in [4.69, 9.17) is 14.7 Å². The molecule has 0 spiro atoms. The zero-order valence-electron chi connectivity index (χ0n) is 24.1.